The van der Waals surface area contributed by atoms with E-state index in [2.05, 4.69) is 18.7 Å². The standard InChI is InChI=1S/C14H23N3O2/c1-10(2)17(6-7-18)9-12-8-11(14(15)16)4-5-13(12)19-3/h4-5,8,10,18H,6-7,9H2,1-3H3,(H3,15,16). The molecule has 0 aliphatic rings. The van der Waals surface area contributed by atoms with Gasteiger partial charge in [0, 0.05) is 30.3 Å². The molecule has 1 aromatic carbocycles. The molecular formula is C14H23N3O2. The minimum atomic E-state index is 0.0437. The predicted octanol–water partition coefficient (Wildman–Crippen LogP) is 1.18. The molecule has 19 heavy (non-hydrogen) atoms. The highest BCUT2D eigenvalue weighted by atomic mass is 16.5. The monoisotopic (exact) mass is 265 g/mol. The normalized spacial score (nSPS) is 11.1. The van der Waals surface area contributed by atoms with Crippen molar-refractivity contribution in [3.63, 3.8) is 0 Å². The molecule has 0 atom stereocenters. The molecule has 0 aliphatic carbocycles. The number of aliphatic hydroxyl groups is 1. The Kier molecular flexibility index (Phi) is 5.79. The van der Waals surface area contributed by atoms with Crippen LogP contribution < -0.4 is 10.5 Å². The van der Waals surface area contributed by atoms with Crippen molar-refractivity contribution in [1.82, 2.24) is 4.90 Å². The molecule has 1 rings (SSSR count). The third-order valence-electron chi connectivity index (χ3n) is 3.08. The summed E-state index contributed by atoms with van der Waals surface area (Å²) in [4.78, 5) is 2.14. The Morgan fingerprint density at radius 1 is 1.47 bits per heavy atom. The van der Waals surface area contributed by atoms with E-state index in [1.54, 1.807) is 13.2 Å². The fourth-order valence-corrected chi connectivity index (χ4v) is 1.94. The van der Waals surface area contributed by atoms with Gasteiger partial charge in [-0.2, -0.15) is 0 Å². The first-order valence-electron chi connectivity index (χ1n) is 6.35. The van der Waals surface area contributed by atoms with Crippen LogP contribution in [-0.4, -0.2) is 42.1 Å². The van der Waals surface area contributed by atoms with Gasteiger partial charge in [-0.1, -0.05) is 0 Å². The van der Waals surface area contributed by atoms with Gasteiger partial charge in [-0.3, -0.25) is 10.3 Å². The van der Waals surface area contributed by atoms with Crippen molar-refractivity contribution in [2.45, 2.75) is 26.4 Å². The molecule has 4 N–H and O–H groups in total. The van der Waals surface area contributed by atoms with Crippen LogP contribution >= 0.6 is 0 Å². The molecule has 1 aromatic rings. The van der Waals surface area contributed by atoms with E-state index in [0.717, 1.165) is 11.3 Å². The number of nitrogens with one attached hydrogen (secondary N) is 1. The molecule has 0 radical (unpaired) electrons. The van der Waals surface area contributed by atoms with Crippen LogP contribution in [-0.2, 0) is 6.54 Å². The summed E-state index contributed by atoms with van der Waals surface area (Å²) in [5.41, 5.74) is 7.17. The molecule has 0 spiro atoms. The van der Waals surface area contributed by atoms with Gasteiger partial charge in [-0.05, 0) is 32.0 Å². The zero-order valence-corrected chi connectivity index (χ0v) is 11.8. The maximum atomic E-state index is 9.11. The van der Waals surface area contributed by atoms with Crippen molar-refractivity contribution < 1.29 is 9.84 Å². The van der Waals surface area contributed by atoms with E-state index in [9.17, 15) is 0 Å². The summed E-state index contributed by atoms with van der Waals surface area (Å²) in [6, 6.07) is 5.78. The van der Waals surface area contributed by atoms with Crippen molar-refractivity contribution in [2.75, 3.05) is 20.3 Å². The average Bonchev–Trinajstić information content (AvgIpc) is 2.37. The number of hydrogen-bond acceptors (Lipinski definition) is 4. The largest absolute Gasteiger partial charge is 0.496 e. The lowest BCUT2D eigenvalue weighted by atomic mass is 10.1. The van der Waals surface area contributed by atoms with E-state index in [1.807, 2.05) is 12.1 Å². The van der Waals surface area contributed by atoms with Crippen LogP contribution in [0.1, 0.15) is 25.0 Å². The van der Waals surface area contributed by atoms with Crippen molar-refractivity contribution in [2.24, 2.45) is 5.73 Å². The molecule has 0 saturated heterocycles. The van der Waals surface area contributed by atoms with Crippen LogP contribution in [0, 0.1) is 5.41 Å². The molecule has 0 saturated carbocycles. The summed E-state index contributed by atoms with van der Waals surface area (Å²) in [6.07, 6.45) is 0. The van der Waals surface area contributed by atoms with Gasteiger partial charge in [0.05, 0.1) is 13.7 Å². The highest BCUT2D eigenvalue weighted by molar-refractivity contribution is 5.95. The van der Waals surface area contributed by atoms with Gasteiger partial charge < -0.3 is 15.6 Å². The average molecular weight is 265 g/mol. The second-order valence-electron chi connectivity index (χ2n) is 4.73. The van der Waals surface area contributed by atoms with Crippen LogP contribution in [0.25, 0.3) is 0 Å². The number of nitrogens with zero attached hydrogens (tertiary/aromatic N) is 1. The Hall–Kier alpha value is -1.59. The van der Waals surface area contributed by atoms with Gasteiger partial charge >= 0.3 is 0 Å². The number of methoxy groups -OCH3 is 1. The molecule has 0 amide bonds. The number of nitrogens with two attached hydrogens (primary N) is 1. The van der Waals surface area contributed by atoms with Gasteiger partial charge in [-0.15, -0.1) is 0 Å². The third kappa shape index (κ3) is 4.22. The van der Waals surface area contributed by atoms with Crippen molar-refractivity contribution in [3.05, 3.63) is 29.3 Å². The summed E-state index contributed by atoms with van der Waals surface area (Å²) >= 11 is 0. The van der Waals surface area contributed by atoms with Crippen molar-refractivity contribution in [3.8, 4) is 5.75 Å². The van der Waals surface area contributed by atoms with Gasteiger partial charge in [0.15, 0.2) is 0 Å². The van der Waals surface area contributed by atoms with Crippen LogP contribution in [0.15, 0.2) is 18.2 Å². The highest BCUT2D eigenvalue weighted by Gasteiger charge is 2.13. The van der Waals surface area contributed by atoms with Crippen LogP contribution in [0.3, 0.4) is 0 Å². The number of rotatable bonds is 7. The third-order valence-corrected chi connectivity index (χ3v) is 3.08. The fourth-order valence-electron chi connectivity index (χ4n) is 1.94. The van der Waals surface area contributed by atoms with Crippen molar-refractivity contribution in [1.29, 1.82) is 5.41 Å². The number of nitrogen functional groups attached to an aromatic ring is 1. The Bertz CT molecular complexity index is 433. The Morgan fingerprint density at radius 2 is 2.16 bits per heavy atom. The number of hydrogen-bond donors (Lipinski definition) is 3. The quantitative estimate of drug-likeness (QED) is 0.511. The number of benzene rings is 1. The minimum Gasteiger partial charge on any atom is -0.496 e. The first kappa shape index (κ1) is 15.5. The molecule has 0 aromatic heterocycles. The number of aliphatic hydroxyl groups excluding tert-OH is 1. The maximum absolute atomic E-state index is 9.11. The van der Waals surface area contributed by atoms with E-state index in [-0.39, 0.29) is 12.4 Å². The van der Waals surface area contributed by atoms with E-state index < -0.39 is 0 Å². The van der Waals surface area contributed by atoms with E-state index in [0.29, 0.717) is 24.7 Å². The van der Waals surface area contributed by atoms with Crippen molar-refractivity contribution >= 4 is 5.84 Å². The SMILES string of the molecule is COc1ccc(C(=N)N)cc1CN(CCO)C(C)C. The second kappa shape index (κ2) is 7.11. The smallest absolute Gasteiger partial charge is 0.123 e. The molecule has 0 unspecified atom stereocenters. The van der Waals surface area contributed by atoms with E-state index in [4.69, 9.17) is 21.0 Å². The first-order chi connectivity index (χ1) is 8.99. The molecule has 0 fully saturated rings. The van der Waals surface area contributed by atoms with Gasteiger partial charge in [0.1, 0.15) is 11.6 Å². The Labute approximate surface area is 114 Å². The van der Waals surface area contributed by atoms with Gasteiger partial charge in [-0.25, -0.2) is 0 Å². The summed E-state index contributed by atoms with van der Waals surface area (Å²) in [5, 5.41) is 16.6. The summed E-state index contributed by atoms with van der Waals surface area (Å²) in [6.45, 7) is 5.54. The predicted molar refractivity (Wildman–Crippen MR) is 76.6 cm³/mol. The Balaban J connectivity index is 3.01. The fraction of sp³-hybridized carbons (Fsp3) is 0.500. The molecule has 0 heterocycles. The molecule has 106 valence electrons. The summed E-state index contributed by atoms with van der Waals surface area (Å²) < 4.78 is 5.34. The lowest BCUT2D eigenvalue weighted by molar-refractivity contribution is 0.158. The van der Waals surface area contributed by atoms with E-state index >= 15 is 0 Å². The molecule has 5 nitrogen and oxygen atoms in total. The molecule has 5 heteroatoms. The number of ether oxygens (including phenoxy) is 1. The van der Waals surface area contributed by atoms with Gasteiger partial charge in [0.25, 0.3) is 0 Å². The first-order valence-corrected chi connectivity index (χ1v) is 6.35. The number of amidine groups is 1. The molecule has 0 bridgehead atoms. The molecular weight excluding hydrogens is 242 g/mol. The zero-order valence-electron chi connectivity index (χ0n) is 11.8. The lowest BCUT2D eigenvalue weighted by Crippen LogP contribution is -2.33. The van der Waals surface area contributed by atoms with Gasteiger partial charge in [0.2, 0.25) is 0 Å². The van der Waals surface area contributed by atoms with Crippen LogP contribution in [0.4, 0.5) is 0 Å². The van der Waals surface area contributed by atoms with Crippen LogP contribution in [0.2, 0.25) is 0 Å². The summed E-state index contributed by atoms with van der Waals surface area (Å²) in [5.74, 6) is 0.816. The minimum absolute atomic E-state index is 0.0437. The van der Waals surface area contributed by atoms with Crippen LogP contribution in [0.5, 0.6) is 5.75 Å². The maximum Gasteiger partial charge on any atom is 0.123 e. The highest BCUT2D eigenvalue weighted by Crippen LogP contribution is 2.22. The zero-order chi connectivity index (χ0) is 14.4. The topological polar surface area (TPSA) is 82.6 Å². The Morgan fingerprint density at radius 3 is 2.63 bits per heavy atom. The lowest BCUT2D eigenvalue weighted by Gasteiger charge is -2.26. The summed E-state index contributed by atoms with van der Waals surface area (Å²) in [7, 11) is 1.62. The molecule has 0 aliphatic heterocycles. The second-order valence-corrected chi connectivity index (χ2v) is 4.73. The van der Waals surface area contributed by atoms with E-state index in [1.165, 1.54) is 0 Å².